The number of benzene rings is 10. The molecule has 0 amide bonds. The molecular formula is C64H52N2O2. The van der Waals surface area contributed by atoms with Crippen LogP contribution in [0.3, 0.4) is 0 Å². The molecule has 68 heavy (non-hydrogen) atoms. The van der Waals surface area contributed by atoms with Gasteiger partial charge in [0.1, 0.15) is 0 Å². The number of anilines is 6. The molecule has 10 rings (SSSR count). The Bertz CT molecular complexity index is 3050. The van der Waals surface area contributed by atoms with Crippen molar-refractivity contribution in [1.29, 1.82) is 0 Å². The average Bonchev–Trinajstić information content (AvgIpc) is 3.40. The highest BCUT2D eigenvalue weighted by molar-refractivity contribution is 6.00. The van der Waals surface area contributed by atoms with Crippen molar-refractivity contribution < 1.29 is 9.47 Å². The summed E-state index contributed by atoms with van der Waals surface area (Å²) in [6.07, 6.45) is 3.71. The van der Waals surface area contributed by atoms with Crippen molar-refractivity contribution >= 4 is 67.8 Å². The van der Waals surface area contributed by atoms with Crippen LogP contribution in [0.25, 0.3) is 44.8 Å². The van der Waals surface area contributed by atoms with E-state index in [-0.39, 0.29) is 0 Å². The van der Waals surface area contributed by atoms with E-state index in [2.05, 4.69) is 253 Å². The molecule has 330 valence electrons. The van der Waals surface area contributed by atoms with Gasteiger partial charge >= 0.3 is 0 Å². The highest BCUT2D eigenvalue weighted by Gasteiger charge is 2.18. The molecule has 4 heteroatoms. The lowest BCUT2D eigenvalue weighted by atomic mass is 10.0. The van der Waals surface area contributed by atoms with E-state index in [9.17, 15) is 0 Å². The topological polar surface area (TPSA) is 24.9 Å². The Morgan fingerprint density at radius 2 is 0.603 bits per heavy atom. The number of fused-ring (bicyclic) bond motifs is 2. The molecule has 0 aromatic heterocycles. The maximum absolute atomic E-state index is 6.13. The van der Waals surface area contributed by atoms with E-state index in [0.717, 1.165) is 78.6 Å². The molecule has 0 unspecified atom stereocenters. The van der Waals surface area contributed by atoms with Gasteiger partial charge in [-0.2, -0.15) is 0 Å². The lowest BCUT2D eigenvalue weighted by Crippen LogP contribution is -2.11. The Balaban J connectivity index is 0.904. The number of hydrogen-bond acceptors (Lipinski definition) is 4. The van der Waals surface area contributed by atoms with Crippen LogP contribution in [-0.2, 0) is 35.9 Å². The van der Waals surface area contributed by atoms with Gasteiger partial charge in [0, 0.05) is 33.5 Å². The quantitative estimate of drug-likeness (QED) is 0.0910. The number of nitrogens with zero attached hydrogens (tertiary/aromatic N) is 2. The lowest BCUT2D eigenvalue weighted by Gasteiger charge is -2.28. The van der Waals surface area contributed by atoms with Crippen molar-refractivity contribution in [3.05, 3.63) is 277 Å². The molecule has 4 nitrogen and oxygen atoms in total. The number of rotatable bonds is 17. The molecule has 0 bridgehead atoms. The Morgan fingerprint density at radius 3 is 0.941 bits per heavy atom. The SMILES string of the molecule is C=Cc1ccc(COCc2ccc(N(c3ccc(-c4ccc(N(c5ccc(COCc6ccc(C=C)cc6)cc5)c5cccc6ccccc56)cc4)cc3)c3cccc4ccccc34)cc2)cc1. The molecule has 10 aromatic carbocycles. The van der Waals surface area contributed by atoms with E-state index in [1.165, 1.54) is 21.5 Å². The largest absolute Gasteiger partial charge is 0.372 e. The van der Waals surface area contributed by atoms with Crippen LogP contribution < -0.4 is 9.80 Å². The van der Waals surface area contributed by atoms with Crippen LogP contribution in [0.4, 0.5) is 34.1 Å². The number of ether oxygens (including phenoxy) is 2. The normalized spacial score (nSPS) is 11.1. The summed E-state index contributed by atoms with van der Waals surface area (Å²) in [5, 5.41) is 4.77. The first-order chi connectivity index (χ1) is 33.6. The van der Waals surface area contributed by atoms with Gasteiger partial charge in [-0.3, -0.25) is 0 Å². The van der Waals surface area contributed by atoms with Crippen molar-refractivity contribution in [1.82, 2.24) is 0 Å². The highest BCUT2D eigenvalue weighted by Crippen LogP contribution is 2.42. The first-order valence-electron chi connectivity index (χ1n) is 23.1. The van der Waals surface area contributed by atoms with E-state index in [4.69, 9.17) is 9.47 Å². The van der Waals surface area contributed by atoms with Gasteiger partial charge in [0.2, 0.25) is 0 Å². The smallest absolute Gasteiger partial charge is 0.0721 e. The van der Waals surface area contributed by atoms with Gasteiger partial charge in [0.05, 0.1) is 37.8 Å². The minimum absolute atomic E-state index is 0.528. The van der Waals surface area contributed by atoms with E-state index in [1.54, 1.807) is 0 Å². The average molecular weight is 881 g/mol. The van der Waals surface area contributed by atoms with Crippen molar-refractivity contribution in [3.8, 4) is 11.1 Å². The predicted octanol–water partition coefficient (Wildman–Crippen LogP) is 17.3. The standard InChI is InChI=1S/C64H52N2O2/c1-3-47-19-23-49(24-20-47)43-67-45-51-27-35-57(36-28-51)65(63-17-9-13-55-11-5-7-15-61(55)63)59-39-31-53(32-40-59)54-33-41-60(42-34-54)66(64-18-10-14-56-12-6-8-16-62(56)64)58-37-29-52(30-38-58)46-68-44-50-25-21-48(4-2)22-26-50/h3-42H,1-2,43-46H2. The Hall–Kier alpha value is -8.28. The van der Waals surface area contributed by atoms with E-state index < -0.39 is 0 Å². The molecule has 0 aliphatic rings. The van der Waals surface area contributed by atoms with E-state index >= 15 is 0 Å². The highest BCUT2D eigenvalue weighted by atomic mass is 16.5. The van der Waals surface area contributed by atoms with Crippen LogP contribution >= 0.6 is 0 Å². The second-order valence-electron chi connectivity index (χ2n) is 17.0. The van der Waals surface area contributed by atoms with Crippen LogP contribution in [0, 0.1) is 0 Å². The molecule has 0 saturated carbocycles. The summed E-state index contributed by atoms with van der Waals surface area (Å²) in [6, 6.07) is 82.1. The maximum Gasteiger partial charge on any atom is 0.0721 e. The van der Waals surface area contributed by atoms with Crippen LogP contribution in [0.2, 0.25) is 0 Å². The summed E-state index contributed by atoms with van der Waals surface area (Å²) in [4.78, 5) is 4.70. The van der Waals surface area contributed by atoms with Gasteiger partial charge in [0.15, 0.2) is 0 Å². The van der Waals surface area contributed by atoms with Gasteiger partial charge in [-0.25, -0.2) is 0 Å². The first-order valence-corrected chi connectivity index (χ1v) is 23.1. The van der Waals surface area contributed by atoms with Gasteiger partial charge in [-0.05, 0) is 116 Å². The summed E-state index contributed by atoms with van der Waals surface area (Å²) < 4.78 is 12.3. The fourth-order valence-corrected chi connectivity index (χ4v) is 8.82. The summed E-state index contributed by atoms with van der Waals surface area (Å²) >= 11 is 0. The zero-order chi connectivity index (χ0) is 46.1. The third-order valence-corrected chi connectivity index (χ3v) is 12.5. The number of hydrogen-bond donors (Lipinski definition) is 0. The summed E-state index contributed by atoms with van der Waals surface area (Å²) in [7, 11) is 0. The third kappa shape index (κ3) is 9.79. The Kier molecular flexibility index (Phi) is 13.1. The minimum Gasteiger partial charge on any atom is -0.372 e. The second kappa shape index (κ2) is 20.5. The molecule has 0 N–H and O–H groups in total. The second-order valence-corrected chi connectivity index (χ2v) is 17.0. The van der Waals surface area contributed by atoms with Gasteiger partial charge in [-0.15, -0.1) is 0 Å². The summed E-state index contributed by atoms with van der Waals surface area (Å²) in [5.74, 6) is 0. The van der Waals surface area contributed by atoms with Gasteiger partial charge in [0.25, 0.3) is 0 Å². The zero-order valence-electron chi connectivity index (χ0n) is 38.0. The minimum atomic E-state index is 0.528. The van der Waals surface area contributed by atoms with Crippen molar-refractivity contribution in [3.63, 3.8) is 0 Å². The fraction of sp³-hybridized carbons (Fsp3) is 0.0625. The van der Waals surface area contributed by atoms with Gasteiger partial charge < -0.3 is 19.3 Å². The Morgan fingerprint density at radius 1 is 0.309 bits per heavy atom. The predicted molar refractivity (Wildman–Crippen MR) is 286 cm³/mol. The van der Waals surface area contributed by atoms with Crippen molar-refractivity contribution in [2.24, 2.45) is 0 Å². The molecular weight excluding hydrogens is 829 g/mol. The molecule has 10 aromatic rings. The zero-order valence-corrected chi connectivity index (χ0v) is 38.0. The molecule has 0 aliphatic heterocycles. The van der Waals surface area contributed by atoms with Crippen LogP contribution in [0.5, 0.6) is 0 Å². The third-order valence-electron chi connectivity index (χ3n) is 12.5. The van der Waals surface area contributed by atoms with E-state index in [0.29, 0.717) is 26.4 Å². The molecule has 0 spiro atoms. The maximum atomic E-state index is 6.13. The summed E-state index contributed by atoms with van der Waals surface area (Å²) in [5.41, 5.74) is 15.6. The fourth-order valence-electron chi connectivity index (χ4n) is 8.82. The molecule has 0 heterocycles. The Labute approximate surface area is 399 Å². The molecule has 0 aliphatic carbocycles. The van der Waals surface area contributed by atoms with Crippen LogP contribution in [0.15, 0.2) is 244 Å². The summed E-state index contributed by atoms with van der Waals surface area (Å²) in [6.45, 7) is 9.87. The van der Waals surface area contributed by atoms with Crippen LogP contribution in [-0.4, -0.2) is 0 Å². The molecule has 0 radical (unpaired) electrons. The van der Waals surface area contributed by atoms with Gasteiger partial charge in [-0.1, -0.05) is 195 Å². The van der Waals surface area contributed by atoms with Crippen molar-refractivity contribution in [2.45, 2.75) is 26.4 Å². The van der Waals surface area contributed by atoms with Crippen LogP contribution in [0.1, 0.15) is 33.4 Å². The monoisotopic (exact) mass is 880 g/mol. The first kappa shape index (κ1) is 43.6. The molecule has 0 fully saturated rings. The molecule has 0 saturated heterocycles. The lowest BCUT2D eigenvalue weighted by molar-refractivity contribution is 0.107. The van der Waals surface area contributed by atoms with Crippen molar-refractivity contribution in [2.75, 3.05) is 9.80 Å². The molecule has 0 atom stereocenters. The van der Waals surface area contributed by atoms with E-state index in [1.807, 2.05) is 12.2 Å².